The van der Waals surface area contributed by atoms with Gasteiger partial charge in [0.05, 0.1) is 18.7 Å². The fourth-order valence-electron chi connectivity index (χ4n) is 1.41. The highest BCUT2D eigenvalue weighted by atomic mass is 79.9. The van der Waals surface area contributed by atoms with Crippen LogP contribution in [0.15, 0.2) is 16.7 Å². The highest BCUT2D eigenvalue weighted by Crippen LogP contribution is 2.27. The van der Waals surface area contributed by atoms with E-state index in [1.165, 1.54) is 11.0 Å². The first-order chi connectivity index (χ1) is 7.08. The summed E-state index contributed by atoms with van der Waals surface area (Å²) in [6, 6.07) is 2.57. The van der Waals surface area contributed by atoms with Gasteiger partial charge < -0.3 is 4.90 Å². The van der Waals surface area contributed by atoms with Crippen LogP contribution in [0.2, 0.25) is 0 Å². The molecule has 0 aromatic carbocycles. The van der Waals surface area contributed by atoms with Crippen LogP contribution < -0.4 is 4.90 Å². The number of anilines is 1. The first-order valence-electron chi connectivity index (χ1n) is 4.22. The molecule has 1 aromatic rings. The molecule has 0 bridgehead atoms. The Morgan fingerprint density at radius 3 is 2.67 bits per heavy atom. The number of rotatable bonds is 1. The predicted molar refractivity (Wildman–Crippen MR) is 53.9 cm³/mol. The van der Waals surface area contributed by atoms with Crippen molar-refractivity contribution in [1.82, 2.24) is 4.98 Å². The molecule has 4 nitrogen and oxygen atoms in total. The number of halogens is 2. The average Bonchev–Trinajstić information content (AvgIpc) is 2.45. The van der Waals surface area contributed by atoms with Gasteiger partial charge in [0.15, 0.2) is 5.78 Å². The minimum Gasteiger partial charge on any atom is -0.302 e. The Bertz CT molecular complexity index is 450. The molecule has 2 heterocycles. The summed E-state index contributed by atoms with van der Waals surface area (Å²) in [5.41, 5.74) is 0.423. The molecule has 0 N–H and O–H groups in total. The van der Waals surface area contributed by atoms with Gasteiger partial charge in [-0.3, -0.25) is 9.59 Å². The number of ketones is 1. The number of aromatic nitrogens is 1. The Balaban J connectivity index is 2.38. The summed E-state index contributed by atoms with van der Waals surface area (Å²) in [6.45, 7) is 0.0325. The van der Waals surface area contributed by atoms with E-state index in [0.29, 0.717) is 5.69 Å². The van der Waals surface area contributed by atoms with Crippen LogP contribution in [0.4, 0.5) is 10.1 Å². The Morgan fingerprint density at radius 1 is 1.40 bits per heavy atom. The standard InChI is InChI=1S/C9H6BrFN2O2/c10-9-6(1-2-7(11)12-9)13-4-5(14)3-8(13)15/h1-2H,3-4H2. The van der Waals surface area contributed by atoms with E-state index in [0.717, 1.165) is 6.07 Å². The van der Waals surface area contributed by atoms with Crippen molar-refractivity contribution < 1.29 is 14.0 Å². The highest BCUT2D eigenvalue weighted by molar-refractivity contribution is 9.10. The lowest BCUT2D eigenvalue weighted by Gasteiger charge is -2.15. The Morgan fingerprint density at radius 2 is 2.13 bits per heavy atom. The minimum atomic E-state index is -0.636. The molecule has 2 rings (SSSR count). The largest absolute Gasteiger partial charge is 0.302 e. The normalized spacial score (nSPS) is 16.3. The average molecular weight is 273 g/mol. The molecule has 78 valence electrons. The highest BCUT2D eigenvalue weighted by Gasteiger charge is 2.30. The second-order valence-electron chi connectivity index (χ2n) is 3.14. The van der Waals surface area contributed by atoms with Gasteiger partial charge >= 0.3 is 0 Å². The molecule has 0 atom stereocenters. The van der Waals surface area contributed by atoms with Gasteiger partial charge in [-0.25, -0.2) is 4.98 Å². The summed E-state index contributed by atoms with van der Waals surface area (Å²) in [5, 5.41) is 0. The number of carbonyl (C=O) groups is 2. The van der Waals surface area contributed by atoms with Crippen LogP contribution in [0.25, 0.3) is 0 Å². The SMILES string of the molecule is O=C1CC(=O)N(c2ccc(F)nc2Br)C1. The fraction of sp³-hybridized carbons (Fsp3) is 0.222. The first-order valence-corrected chi connectivity index (χ1v) is 5.01. The van der Waals surface area contributed by atoms with Crippen molar-refractivity contribution in [2.45, 2.75) is 6.42 Å². The smallest absolute Gasteiger partial charge is 0.235 e. The van der Waals surface area contributed by atoms with E-state index in [1.807, 2.05) is 0 Å². The quantitative estimate of drug-likeness (QED) is 0.572. The molecule has 6 heteroatoms. The number of amides is 1. The summed E-state index contributed by atoms with van der Waals surface area (Å²) in [5.74, 6) is -1.06. The maximum atomic E-state index is 12.7. The lowest BCUT2D eigenvalue weighted by molar-refractivity contribution is -0.121. The molecule has 0 aliphatic carbocycles. The van der Waals surface area contributed by atoms with Gasteiger partial charge in [-0.05, 0) is 28.1 Å². The maximum Gasteiger partial charge on any atom is 0.235 e. The van der Waals surface area contributed by atoms with Crippen molar-refractivity contribution in [3.05, 3.63) is 22.7 Å². The van der Waals surface area contributed by atoms with Crippen molar-refractivity contribution in [2.24, 2.45) is 0 Å². The molecule has 1 amide bonds. The lowest BCUT2D eigenvalue weighted by atomic mass is 10.3. The summed E-state index contributed by atoms with van der Waals surface area (Å²) >= 11 is 3.05. The minimum absolute atomic E-state index is 0.0325. The van der Waals surface area contributed by atoms with Gasteiger partial charge in [0, 0.05) is 0 Å². The molecule has 1 aliphatic rings. The number of nitrogens with zero attached hydrogens (tertiary/aromatic N) is 2. The number of pyridine rings is 1. The summed E-state index contributed by atoms with van der Waals surface area (Å²) in [4.78, 5) is 27.2. The van der Waals surface area contributed by atoms with Crippen LogP contribution in [-0.4, -0.2) is 23.2 Å². The Hall–Kier alpha value is -1.30. The zero-order valence-electron chi connectivity index (χ0n) is 7.54. The molecule has 1 aliphatic heterocycles. The van der Waals surface area contributed by atoms with E-state index in [9.17, 15) is 14.0 Å². The zero-order chi connectivity index (χ0) is 11.0. The van der Waals surface area contributed by atoms with Gasteiger partial charge in [0.25, 0.3) is 0 Å². The van der Waals surface area contributed by atoms with Crippen molar-refractivity contribution in [3.8, 4) is 0 Å². The van der Waals surface area contributed by atoms with Gasteiger partial charge in [-0.1, -0.05) is 0 Å². The second kappa shape index (κ2) is 3.69. The van der Waals surface area contributed by atoms with E-state index in [4.69, 9.17) is 0 Å². The summed E-state index contributed by atoms with van der Waals surface area (Å²) in [7, 11) is 0. The number of Topliss-reactive ketones (excluding diaryl/α,β-unsaturated/α-hetero) is 1. The molecular formula is C9H6BrFN2O2. The van der Waals surface area contributed by atoms with E-state index < -0.39 is 5.95 Å². The van der Waals surface area contributed by atoms with E-state index in [-0.39, 0.29) is 29.3 Å². The van der Waals surface area contributed by atoms with Gasteiger partial charge in [-0.15, -0.1) is 0 Å². The number of carbonyl (C=O) groups excluding carboxylic acids is 2. The van der Waals surface area contributed by atoms with Crippen LogP contribution in [-0.2, 0) is 9.59 Å². The second-order valence-corrected chi connectivity index (χ2v) is 3.89. The lowest BCUT2D eigenvalue weighted by Crippen LogP contribution is -2.25. The molecule has 0 unspecified atom stereocenters. The number of hydrogen-bond donors (Lipinski definition) is 0. The molecule has 0 radical (unpaired) electrons. The van der Waals surface area contributed by atoms with Gasteiger partial charge in [-0.2, -0.15) is 4.39 Å². The third-order valence-corrected chi connectivity index (χ3v) is 2.65. The van der Waals surface area contributed by atoms with Crippen LogP contribution in [0.5, 0.6) is 0 Å². The van der Waals surface area contributed by atoms with Crippen molar-refractivity contribution >= 4 is 33.3 Å². The molecule has 15 heavy (non-hydrogen) atoms. The Kier molecular flexibility index (Phi) is 2.52. The third kappa shape index (κ3) is 1.90. The van der Waals surface area contributed by atoms with Gasteiger partial charge in [0.1, 0.15) is 4.60 Å². The van der Waals surface area contributed by atoms with Crippen LogP contribution in [0, 0.1) is 5.95 Å². The zero-order valence-corrected chi connectivity index (χ0v) is 9.12. The molecular weight excluding hydrogens is 267 g/mol. The van der Waals surface area contributed by atoms with Crippen molar-refractivity contribution in [2.75, 3.05) is 11.4 Å². The van der Waals surface area contributed by atoms with Crippen LogP contribution in [0.3, 0.4) is 0 Å². The third-order valence-electron chi connectivity index (χ3n) is 2.07. The summed E-state index contributed by atoms with van der Waals surface area (Å²) in [6.07, 6.45) is -0.0934. The summed E-state index contributed by atoms with van der Waals surface area (Å²) < 4.78 is 12.9. The number of hydrogen-bond acceptors (Lipinski definition) is 3. The van der Waals surface area contributed by atoms with E-state index in [2.05, 4.69) is 20.9 Å². The molecule has 0 saturated carbocycles. The van der Waals surface area contributed by atoms with Crippen molar-refractivity contribution in [1.29, 1.82) is 0 Å². The van der Waals surface area contributed by atoms with Crippen molar-refractivity contribution in [3.63, 3.8) is 0 Å². The predicted octanol–water partition coefficient (Wildman–Crippen LogP) is 1.29. The first kappa shape index (κ1) is 10.2. The van der Waals surface area contributed by atoms with E-state index >= 15 is 0 Å². The molecule has 0 spiro atoms. The van der Waals surface area contributed by atoms with Gasteiger partial charge in [0.2, 0.25) is 11.9 Å². The molecule has 1 fully saturated rings. The Labute approximate surface area is 93.2 Å². The molecule has 1 aromatic heterocycles. The van der Waals surface area contributed by atoms with Crippen LogP contribution in [0.1, 0.15) is 6.42 Å². The molecule has 1 saturated heterocycles. The topological polar surface area (TPSA) is 50.3 Å². The monoisotopic (exact) mass is 272 g/mol. The maximum absolute atomic E-state index is 12.7. The van der Waals surface area contributed by atoms with E-state index in [1.54, 1.807) is 0 Å². The van der Waals surface area contributed by atoms with Crippen LogP contribution >= 0.6 is 15.9 Å². The fourth-order valence-corrected chi connectivity index (χ4v) is 1.93.